The predicted molar refractivity (Wildman–Crippen MR) is 53.1 cm³/mol. The molecule has 1 saturated heterocycles. The van der Waals surface area contributed by atoms with Crippen LogP contribution in [-0.4, -0.2) is 43.8 Å². The molecule has 0 aliphatic carbocycles. The summed E-state index contributed by atoms with van der Waals surface area (Å²) in [5.74, 6) is 0. The average molecular weight is 182 g/mol. The van der Waals surface area contributed by atoms with Gasteiger partial charge in [0.25, 0.3) is 0 Å². The van der Waals surface area contributed by atoms with E-state index in [4.69, 9.17) is 0 Å². The fourth-order valence-corrected chi connectivity index (χ4v) is 1.89. The number of nitrogens with one attached hydrogen (secondary N) is 3. The summed E-state index contributed by atoms with van der Waals surface area (Å²) in [6, 6.07) is 0.486. The highest BCUT2D eigenvalue weighted by molar-refractivity contribution is 5.11. The minimum atomic E-state index is 0.486. The third-order valence-electron chi connectivity index (χ3n) is 2.69. The van der Waals surface area contributed by atoms with Crippen LogP contribution in [0.5, 0.6) is 0 Å². The zero-order valence-corrected chi connectivity index (χ0v) is 8.14. The van der Waals surface area contributed by atoms with Gasteiger partial charge in [-0.05, 0) is 6.92 Å². The Morgan fingerprint density at radius 1 is 1.38 bits per heavy atom. The van der Waals surface area contributed by atoms with Crippen molar-refractivity contribution in [2.24, 2.45) is 0 Å². The molecule has 4 heteroatoms. The van der Waals surface area contributed by atoms with Crippen LogP contribution >= 0.6 is 0 Å². The molecule has 1 fully saturated rings. The van der Waals surface area contributed by atoms with Gasteiger partial charge in [0.05, 0.1) is 6.67 Å². The minimum absolute atomic E-state index is 0.486. The van der Waals surface area contributed by atoms with Crippen LogP contribution in [0.25, 0.3) is 0 Å². The monoisotopic (exact) mass is 182 g/mol. The van der Waals surface area contributed by atoms with Gasteiger partial charge in [-0.25, -0.2) is 0 Å². The Morgan fingerprint density at radius 2 is 2.15 bits per heavy atom. The van der Waals surface area contributed by atoms with Gasteiger partial charge in [0.15, 0.2) is 0 Å². The van der Waals surface area contributed by atoms with Gasteiger partial charge < -0.3 is 15.5 Å². The van der Waals surface area contributed by atoms with Gasteiger partial charge in [0.1, 0.15) is 0 Å². The minimum Gasteiger partial charge on any atom is -0.377 e. The van der Waals surface area contributed by atoms with Gasteiger partial charge in [-0.3, -0.25) is 5.32 Å². The molecule has 0 saturated carbocycles. The first kappa shape index (κ1) is 8.84. The number of hydrogen-bond donors (Lipinski definition) is 3. The first-order valence-electron chi connectivity index (χ1n) is 5.00. The highest BCUT2D eigenvalue weighted by Crippen LogP contribution is 2.11. The van der Waals surface area contributed by atoms with Crippen molar-refractivity contribution in [3.8, 4) is 0 Å². The third kappa shape index (κ3) is 1.95. The lowest BCUT2D eigenvalue weighted by molar-refractivity contribution is 0.267. The van der Waals surface area contributed by atoms with Crippen LogP contribution in [0.3, 0.4) is 0 Å². The molecule has 1 unspecified atom stereocenters. The van der Waals surface area contributed by atoms with Crippen LogP contribution in [0, 0.1) is 0 Å². The average Bonchev–Trinajstić information content (AvgIpc) is 2.20. The van der Waals surface area contributed by atoms with Crippen LogP contribution in [0.2, 0.25) is 0 Å². The van der Waals surface area contributed by atoms with Crippen molar-refractivity contribution in [1.82, 2.24) is 20.9 Å². The zero-order chi connectivity index (χ0) is 9.10. The summed E-state index contributed by atoms with van der Waals surface area (Å²) in [6.45, 7) is 7.55. The number of piperazine rings is 1. The summed E-state index contributed by atoms with van der Waals surface area (Å²) in [5, 5.41) is 9.97. The van der Waals surface area contributed by atoms with E-state index in [9.17, 15) is 0 Å². The van der Waals surface area contributed by atoms with E-state index in [0.717, 1.165) is 32.8 Å². The summed E-state index contributed by atoms with van der Waals surface area (Å²) in [6.07, 6.45) is 2.15. The highest BCUT2D eigenvalue weighted by atomic mass is 15.2. The van der Waals surface area contributed by atoms with E-state index in [1.165, 1.54) is 5.70 Å². The molecule has 0 aromatic heterocycles. The second kappa shape index (κ2) is 3.98. The molecule has 0 amide bonds. The van der Waals surface area contributed by atoms with Crippen LogP contribution in [0.1, 0.15) is 6.92 Å². The summed E-state index contributed by atoms with van der Waals surface area (Å²) in [5.41, 5.74) is 1.40. The second-order valence-corrected chi connectivity index (χ2v) is 3.61. The lowest BCUT2D eigenvalue weighted by Crippen LogP contribution is -2.50. The fraction of sp³-hybridized carbons (Fsp3) is 0.778. The van der Waals surface area contributed by atoms with Gasteiger partial charge in [0, 0.05) is 44.1 Å². The van der Waals surface area contributed by atoms with Crippen molar-refractivity contribution in [3.05, 3.63) is 11.9 Å². The van der Waals surface area contributed by atoms with Crippen molar-refractivity contribution in [2.45, 2.75) is 13.0 Å². The number of nitrogens with zero attached hydrogens (tertiary/aromatic N) is 1. The Hall–Kier alpha value is -0.740. The summed E-state index contributed by atoms with van der Waals surface area (Å²) in [4.78, 5) is 2.44. The maximum Gasteiger partial charge on any atom is 0.0653 e. The first-order chi connectivity index (χ1) is 6.38. The topological polar surface area (TPSA) is 39.3 Å². The molecule has 13 heavy (non-hydrogen) atoms. The molecule has 2 aliphatic heterocycles. The van der Waals surface area contributed by atoms with E-state index >= 15 is 0 Å². The lowest BCUT2D eigenvalue weighted by atomic mass is 10.2. The van der Waals surface area contributed by atoms with E-state index in [1.807, 2.05) is 0 Å². The first-order valence-corrected chi connectivity index (χ1v) is 5.00. The van der Waals surface area contributed by atoms with Gasteiger partial charge >= 0.3 is 0 Å². The Bertz CT molecular complexity index is 196. The molecule has 4 nitrogen and oxygen atoms in total. The van der Waals surface area contributed by atoms with Crippen molar-refractivity contribution < 1.29 is 0 Å². The van der Waals surface area contributed by atoms with Crippen molar-refractivity contribution in [1.29, 1.82) is 0 Å². The maximum atomic E-state index is 3.39. The van der Waals surface area contributed by atoms with Crippen molar-refractivity contribution >= 4 is 0 Å². The molecule has 2 aliphatic rings. The molecule has 0 bridgehead atoms. The van der Waals surface area contributed by atoms with E-state index in [1.54, 1.807) is 0 Å². The number of rotatable bonds is 1. The van der Waals surface area contributed by atoms with E-state index < -0.39 is 0 Å². The largest absolute Gasteiger partial charge is 0.377 e. The van der Waals surface area contributed by atoms with E-state index in [0.29, 0.717) is 6.04 Å². The van der Waals surface area contributed by atoms with Crippen LogP contribution < -0.4 is 16.0 Å². The quantitative estimate of drug-likeness (QED) is 0.500. The van der Waals surface area contributed by atoms with Crippen LogP contribution in [0.15, 0.2) is 11.9 Å². The molecule has 0 aromatic rings. The zero-order valence-electron chi connectivity index (χ0n) is 8.14. The molecular formula is C9H18N4. The Labute approximate surface area is 79.4 Å². The van der Waals surface area contributed by atoms with Crippen LogP contribution in [-0.2, 0) is 0 Å². The molecule has 0 spiro atoms. The van der Waals surface area contributed by atoms with Gasteiger partial charge in [-0.2, -0.15) is 0 Å². The summed E-state index contributed by atoms with van der Waals surface area (Å²) in [7, 11) is 0. The Balaban J connectivity index is 2.00. The normalized spacial score (nSPS) is 29.5. The van der Waals surface area contributed by atoms with Crippen molar-refractivity contribution in [2.75, 3.05) is 32.8 Å². The number of hydrogen-bond acceptors (Lipinski definition) is 4. The van der Waals surface area contributed by atoms with Gasteiger partial charge in [-0.15, -0.1) is 0 Å². The predicted octanol–water partition coefficient (Wildman–Crippen LogP) is -0.728. The van der Waals surface area contributed by atoms with Gasteiger partial charge in [0.2, 0.25) is 0 Å². The molecule has 2 rings (SSSR count). The fourth-order valence-electron chi connectivity index (χ4n) is 1.89. The summed E-state index contributed by atoms with van der Waals surface area (Å²) < 4.78 is 0. The smallest absolute Gasteiger partial charge is 0.0653 e. The Morgan fingerprint density at radius 3 is 2.85 bits per heavy atom. The molecule has 3 N–H and O–H groups in total. The second-order valence-electron chi connectivity index (χ2n) is 3.61. The molecule has 1 atom stereocenters. The van der Waals surface area contributed by atoms with Crippen molar-refractivity contribution in [3.63, 3.8) is 0 Å². The molecule has 0 aromatic carbocycles. The lowest BCUT2D eigenvalue weighted by Gasteiger charge is -2.36. The van der Waals surface area contributed by atoms with E-state index in [2.05, 4.69) is 34.0 Å². The summed E-state index contributed by atoms with van der Waals surface area (Å²) >= 11 is 0. The van der Waals surface area contributed by atoms with Gasteiger partial charge in [-0.1, -0.05) is 0 Å². The van der Waals surface area contributed by atoms with E-state index in [-0.39, 0.29) is 0 Å². The SMILES string of the molecule is CC1NCNC=C1N1CCNCC1. The molecule has 74 valence electrons. The maximum absolute atomic E-state index is 3.39. The molecular weight excluding hydrogens is 164 g/mol. The van der Waals surface area contributed by atoms with Crippen LogP contribution in [0.4, 0.5) is 0 Å². The Kier molecular flexibility index (Phi) is 2.71. The third-order valence-corrected chi connectivity index (χ3v) is 2.69. The molecule has 2 heterocycles. The highest BCUT2D eigenvalue weighted by Gasteiger charge is 2.19. The standard InChI is InChI=1S/C9H18N4/c1-8-9(6-11-7-12-8)13-4-2-10-3-5-13/h6,8,10-12H,2-5,7H2,1H3. The molecule has 0 radical (unpaired) electrons.